The minimum atomic E-state index is -0.272. The number of hydrogen-bond donors (Lipinski definition) is 1. The highest BCUT2D eigenvalue weighted by Gasteiger charge is 2.44. The van der Waals surface area contributed by atoms with Gasteiger partial charge in [0.15, 0.2) is 0 Å². The number of rotatable bonds is 7. The Morgan fingerprint density at radius 3 is 2.74 bits per heavy atom. The first kappa shape index (κ1) is 14.8. The van der Waals surface area contributed by atoms with Crippen LogP contribution in [0.4, 0.5) is 0 Å². The number of ether oxygens (including phenoxy) is 1. The van der Waals surface area contributed by atoms with Gasteiger partial charge in [-0.3, -0.25) is 10.2 Å². The first-order valence-electron chi connectivity index (χ1n) is 7.57. The van der Waals surface area contributed by atoms with E-state index in [2.05, 4.69) is 30.1 Å². The second-order valence-corrected chi connectivity index (χ2v) is 6.14. The van der Waals surface area contributed by atoms with Crippen LogP contribution in [0.15, 0.2) is 0 Å². The van der Waals surface area contributed by atoms with Crippen LogP contribution in [-0.4, -0.2) is 48.8 Å². The van der Waals surface area contributed by atoms with E-state index >= 15 is 0 Å². The Labute approximate surface area is 117 Å². The second kappa shape index (κ2) is 6.21. The molecule has 0 amide bonds. The van der Waals surface area contributed by atoms with Gasteiger partial charge < -0.3 is 4.74 Å². The molecule has 0 aromatic heterocycles. The molecule has 0 saturated heterocycles. The molecule has 2 rings (SSSR count). The Balaban J connectivity index is 1.96. The van der Waals surface area contributed by atoms with Crippen molar-refractivity contribution >= 4 is 0 Å². The van der Waals surface area contributed by atoms with E-state index in [1.165, 1.54) is 12.8 Å². The van der Waals surface area contributed by atoms with Crippen molar-refractivity contribution in [2.45, 2.75) is 69.6 Å². The number of nitrogens with zero attached hydrogens (tertiary/aromatic N) is 2. The highest BCUT2D eigenvalue weighted by Crippen LogP contribution is 2.36. The van der Waals surface area contributed by atoms with Gasteiger partial charge >= 0.3 is 0 Å². The summed E-state index contributed by atoms with van der Waals surface area (Å²) in [5.74, 6) is 0. The fourth-order valence-electron chi connectivity index (χ4n) is 3.45. The molecule has 0 radical (unpaired) electrons. The van der Waals surface area contributed by atoms with Crippen LogP contribution in [0.5, 0.6) is 0 Å². The van der Waals surface area contributed by atoms with Crippen molar-refractivity contribution in [1.29, 1.82) is 5.26 Å². The van der Waals surface area contributed by atoms with Crippen LogP contribution < -0.4 is 5.32 Å². The van der Waals surface area contributed by atoms with E-state index in [0.717, 1.165) is 32.4 Å². The summed E-state index contributed by atoms with van der Waals surface area (Å²) in [7, 11) is 1.76. The fourth-order valence-corrected chi connectivity index (χ4v) is 3.45. The molecule has 2 saturated carbocycles. The van der Waals surface area contributed by atoms with Crippen LogP contribution in [-0.2, 0) is 4.74 Å². The van der Waals surface area contributed by atoms with Crippen molar-refractivity contribution < 1.29 is 4.74 Å². The zero-order valence-corrected chi connectivity index (χ0v) is 12.5. The number of methoxy groups -OCH3 is 1. The fraction of sp³-hybridized carbons (Fsp3) is 0.933. The molecule has 0 heterocycles. The molecule has 2 aliphatic carbocycles. The van der Waals surface area contributed by atoms with Crippen LogP contribution >= 0.6 is 0 Å². The van der Waals surface area contributed by atoms with E-state index in [-0.39, 0.29) is 5.54 Å². The molecular formula is C15H27N3O. The average Bonchev–Trinajstić information content (AvgIpc) is 3.10. The Bertz CT molecular complexity index is 337. The predicted octanol–water partition coefficient (Wildman–Crippen LogP) is 1.91. The van der Waals surface area contributed by atoms with E-state index in [4.69, 9.17) is 4.74 Å². The smallest absolute Gasteiger partial charge is 0.108 e. The highest BCUT2D eigenvalue weighted by molar-refractivity contribution is 5.15. The van der Waals surface area contributed by atoms with Gasteiger partial charge in [0.25, 0.3) is 0 Å². The molecule has 19 heavy (non-hydrogen) atoms. The first-order valence-corrected chi connectivity index (χ1v) is 7.57. The van der Waals surface area contributed by atoms with Gasteiger partial charge in [-0.25, -0.2) is 0 Å². The Hall–Kier alpha value is -0.630. The maximum atomic E-state index is 9.55. The molecular weight excluding hydrogens is 238 g/mol. The summed E-state index contributed by atoms with van der Waals surface area (Å²) in [6, 6.07) is 4.10. The van der Waals surface area contributed by atoms with E-state index in [0.29, 0.717) is 18.1 Å². The molecule has 1 N–H and O–H groups in total. The van der Waals surface area contributed by atoms with Crippen LogP contribution in [0.2, 0.25) is 0 Å². The third-order valence-electron chi connectivity index (χ3n) is 4.57. The Morgan fingerprint density at radius 1 is 1.47 bits per heavy atom. The maximum Gasteiger partial charge on any atom is 0.108 e. The molecule has 3 atom stereocenters. The Kier molecular flexibility index (Phi) is 4.83. The lowest BCUT2D eigenvalue weighted by Crippen LogP contribution is -2.47. The largest absolute Gasteiger partial charge is 0.383 e. The predicted molar refractivity (Wildman–Crippen MR) is 75.9 cm³/mol. The van der Waals surface area contributed by atoms with Gasteiger partial charge in [-0.2, -0.15) is 5.26 Å². The lowest BCUT2D eigenvalue weighted by Gasteiger charge is -2.34. The van der Waals surface area contributed by atoms with Crippen molar-refractivity contribution in [2.24, 2.45) is 0 Å². The summed E-state index contributed by atoms with van der Waals surface area (Å²) < 4.78 is 5.28. The molecule has 0 aromatic rings. The van der Waals surface area contributed by atoms with Crippen LogP contribution in [0.3, 0.4) is 0 Å². The van der Waals surface area contributed by atoms with Gasteiger partial charge in [0, 0.05) is 25.2 Å². The zero-order chi connectivity index (χ0) is 13.9. The standard InChI is InChI=1S/C15H27N3O/c1-4-18(12(2)10-19-3)14-7-8-15(9-14,11-16)17-13-5-6-13/h12-14,17H,4-10H2,1-3H3. The summed E-state index contributed by atoms with van der Waals surface area (Å²) in [5.41, 5.74) is -0.272. The molecule has 4 nitrogen and oxygen atoms in total. The molecule has 2 aliphatic rings. The molecule has 108 valence electrons. The minimum Gasteiger partial charge on any atom is -0.383 e. The van der Waals surface area contributed by atoms with Crippen molar-refractivity contribution in [1.82, 2.24) is 10.2 Å². The van der Waals surface area contributed by atoms with Crippen molar-refractivity contribution in [3.05, 3.63) is 0 Å². The summed E-state index contributed by atoms with van der Waals surface area (Å²) in [5, 5.41) is 13.1. The zero-order valence-electron chi connectivity index (χ0n) is 12.5. The van der Waals surface area contributed by atoms with Gasteiger partial charge in [0.05, 0.1) is 12.7 Å². The molecule has 0 aliphatic heterocycles. The summed E-state index contributed by atoms with van der Waals surface area (Å²) in [6.45, 7) is 6.21. The average molecular weight is 265 g/mol. The number of hydrogen-bond acceptors (Lipinski definition) is 4. The molecule has 2 fully saturated rings. The lowest BCUT2D eigenvalue weighted by molar-refractivity contribution is 0.0730. The summed E-state index contributed by atoms with van der Waals surface area (Å²) >= 11 is 0. The minimum absolute atomic E-state index is 0.272. The molecule has 4 heteroatoms. The summed E-state index contributed by atoms with van der Waals surface area (Å²) in [6.07, 6.45) is 5.55. The van der Waals surface area contributed by atoms with E-state index in [1.807, 2.05) is 0 Å². The maximum absolute atomic E-state index is 9.55. The highest BCUT2D eigenvalue weighted by atomic mass is 16.5. The quantitative estimate of drug-likeness (QED) is 0.764. The first-order chi connectivity index (χ1) is 9.14. The molecule has 0 spiro atoms. The normalized spacial score (nSPS) is 32.5. The molecule has 3 unspecified atom stereocenters. The van der Waals surface area contributed by atoms with E-state index in [9.17, 15) is 5.26 Å². The topological polar surface area (TPSA) is 48.3 Å². The SMILES string of the molecule is CCN(C(C)COC)C1CCC(C#N)(NC2CC2)C1. The Morgan fingerprint density at radius 2 is 2.21 bits per heavy atom. The van der Waals surface area contributed by atoms with Crippen LogP contribution in [0.25, 0.3) is 0 Å². The van der Waals surface area contributed by atoms with Gasteiger partial charge in [-0.1, -0.05) is 6.92 Å². The summed E-state index contributed by atoms with van der Waals surface area (Å²) in [4.78, 5) is 2.50. The molecule has 0 aromatic carbocycles. The number of likely N-dealkylation sites (N-methyl/N-ethyl adjacent to an activating group) is 1. The monoisotopic (exact) mass is 265 g/mol. The van der Waals surface area contributed by atoms with Crippen molar-refractivity contribution in [3.63, 3.8) is 0 Å². The van der Waals surface area contributed by atoms with Crippen molar-refractivity contribution in [3.8, 4) is 6.07 Å². The number of nitriles is 1. The van der Waals surface area contributed by atoms with Gasteiger partial charge in [-0.15, -0.1) is 0 Å². The van der Waals surface area contributed by atoms with Gasteiger partial charge in [-0.05, 0) is 45.6 Å². The third-order valence-corrected chi connectivity index (χ3v) is 4.57. The number of nitrogens with one attached hydrogen (secondary N) is 1. The van der Waals surface area contributed by atoms with Crippen LogP contribution in [0.1, 0.15) is 46.0 Å². The third kappa shape index (κ3) is 3.47. The molecule has 0 bridgehead atoms. The van der Waals surface area contributed by atoms with Gasteiger partial charge in [0.2, 0.25) is 0 Å². The second-order valence-electron chi connectivity index (χ2n) is 6.14. The van der Waals surface area contributed by atoms with E-state index in [1.54, 1.807) is 7.11 Å². The van der Waals surface area contributed by atoms with Crippen molar-refractivity contribution in [2.75, 3.05) is 20.3 Å². The van der Waals surface area contributed by atoms with Gasteiger partial charge in [0.1, 0.15) is 5.54 Å². The van der Waals surface area contributed by atoms with Crippen LogP contribution in [0, 0.1) is 11.3 Å². The van der Waals surface area contributed by atoms with E-state index < -0.39 is 0 Å². The lowest BCUT2D eigenvalue weighted by atomic mass is 9.98.